The SMILES string of the molecule is CC1CCNC1C1CCCN(C)C1. The molecule has 0 radical (unpaired) electrons. The molecule has 2 saturated heterocycles. The Kier molecular flexibility index (Phi) is 2.89. The zero-order valence-electron chi connectivity index (χ0n) is 8.92. The predicted molar refractivity (Wildman–Crippen MR) is 55.8 cm³/mol. The first-order valence-corrected chi connectivity index (χ1v) is 5.69. The number of nitrogens with zero attached hydrogens (tertiary/aromatic N) is 1. The summed E-state index contributed by atoms with van der Waals surface area (Å²) in [4.78, 5) is 2.49. The fourth-order valence-electron chi connectivity index (χ4n) is 2.99. The molecule has 2 heterocycles. The van der Waals surface area contributed by atoms with Crippen molar-refractivity contribution < 1.29 is 0 Å². The standard InChI is InChI=1S/C11H22N2/c1-9-5-6-12-11(9)10-4-3-7-13(2)8-10/h9-12H,3-8H2,1-2H3. The second kappa shape index (κ2) is 3.97. The maximum absolute atomic E-state index is 3.67. The molecule has 2 fully saturated rings. The normalized spacial score (nSPS) is 42.5. The topological polar surface area (TPSA) is 15.3 Å². The highest BCUT2D eigenvalue weighted by Crippen LogP contribution is 2.27. The Bertz CT molecular complexity index is 169. The fourth-order valence-corrected chi connectivity index (χ4v) is 2.99. The summed E-state index contributed by atoms with van der Waals surface area (Å²) in [7, 11) is 2.26. The highest BCUT2D eigenvalue weighted by molar-refractivity contribution is 4.89. The Morgan fingerprint density at radius 3 is 2.77 bits per heavy atom. The van der Waals surface area contributed by atoms with E-state index < -0.39 is 0 Å². The number of hydrogen-bond acceptors (Lipinski definition) is 2. The van der Waals surface area contributed by atoms with Crippen molar-refractivity contribution in [2.75, 3.05) is 26.7 Å². The maximum atomic E-state index is 3.67. The zero-order valence-corrected chi connectivity index (χ0v) is 8.92. The van der Waals surface area contributed by atoms with Gasteiger partial charge in [-0.15, -0.1) is 0 Å². The van der Waals surface area contributed by atoms with Crippen molar-refractivity contribution >= 4 is 0 Å². The van der Waals surface area contributed by atoms with E-state index in [9.17, 15) is 0 Å². The summed E-state index contributed by atoms with van der Waals surface area (Å²) in [5, 5.41) is 3.67. The minimum absolute atomic E-state index is 0.808. The Morgan fingerprint density at radius 2 is 2.15 bits per heavy atom. The van der Waals surface area contributed by atoms with Crippen molar-refractivity contribution in [1.29, 1.82) is 0 Å². The molecular weight excluding hydrogens is 160 g/mol. The van der Waals surface area contributed by atoms with Crippen LogP contribution in [-0.2, 0) is 0 Å². The third-order valence-corrected chi connectivity index (χ3v) is 3.76. The molecule has 2 nitrogen and oxygen atoms in total. The van der Waals surface area contributed by atoms with Crippen LogP contribution in [-0.4, -0.2) is 37.6 Å². The van der Waals surface area contributed by atoms with Gasteiger partial charge in [0.15, 0.2) is 0 Å². The van der Waals surface area contributed by atoms with Crippen LogP contribution in [0.4, 0.5) is 0 Å². The van der Waals surface area contributed by atoms with Crippen LogP contribution in [0.15, 0.2) is 0 Å². The molecule has 76 valence electrons. The van der Waals surface area contributed by atoms with Gasteiger partial charge in [-0.25, -0.2) is 0 Å². The van der Waals surface area contributed by atoms with Gasteiger partial charge >= 0.3 is 0 Å². The van der Waals surface area contributed by atoms with E-state index in [4.69, 9.17) is 0 Å². The quantitative estimate of drug-likeness (QED) is 0.658. The van der Waals surface area contributed by atoms with Crippen molar-refractivity contribution in [3.63, 3.8) is 0 Å². The molecule has 0 aromatic rings. The van der Waals surface area contributed by atoms with Gasteiger partial charge < -0.3 is 10.2 Å². The molecule has 0 bridgehead atoms. The molecular formula is C11H22N2. The molecule has 0 amide bonds. The van der Waals surface area contributed by atoms with E-state index in [1.165, 1.54) is 38.9 Å². The highest BCUT2D eigenvalue weighted by Gasteiger charge is 2.32. The second-order valence-corrected chi connectivity index (χ2v) is 4.91. The Hall–Kier alpha value is -0.0800. The van der Waals surface area contributed by atoms with Gasteiger partial charge in [0, 0.05) is 12.6 Å². The summed E-state index contributed by atoms with van der Waals surface area (Å²) in [5.41, 5.74) is 0. The fraction of sp³-hybridized carbons (Fsp3) is 1.00. The lowest BCUT2D eigenvalue weighted by molar-refractivity contribution is 0.166. The van der Waals surface area contributed by atoms with Crippen LogP contribution in [0, 0.1) is 11.8 Å². The highest BCUT2D eigenvalue weighted by atomic mass is 15.1. The summed E-state index contributed by atoms with van der Waals surface area (Å²) < 4.78 is 0. The monoisotopic (exact) mass is 182 g/mol. The Morgan fingerprint density at radius 1 is 1.31 bits per heavy atom. The van der Waals surface area contributed by atoms with Gasteiger partial charge in [0.1, 0.15) is 0 Å². The van der Waals surface area contributed by atoms with Crippen LogP contribution in [0.2, 0.25) is 0 Å². The Balaban J connectivity index is 1.91. The van der Waals surface area contributed by atoms with Crippen LogP contribution in [0.3, 0.4) is 0 Å². The summed E-state index contributed by atoms with van der Waals surface area (Å²) in [6.07, 6.45) is 4.21. The molecule has 3 atom stereocenters. The zero-order chi connectivity index (χ0) is 9.26. The van der Waals surface area contributed by atoms with Crippen molar-refractivity contribution in [3.8, 4) is 0 Å². The van der Waals surface area contributed by atoms with Crippen molar-refractivity contribution in [3.05, 3.63) is 0 Å². The second-order valence-electron chi connectivity index (χ2n) is 4.91. The smallest absolute Gasteiger partial charge is 0.0134 e. The average molecular weight is 182 g/mol. The number of rotatable bonds is 1. The molecule has 2 aliphatic heterocycles. The predicted octanol–water partition coefficient (Wildman–Crippen LogP) is 1.33. The molecule has 0 saturated carbocycles. The molecule has 13 heavy (non-hydrogen) atoms. The van der Waals surface area contributed by atoms with Crippen LogP contribution in [0.25, 0.3) is 0 Å². The molecule has 1 N–H and O–H groups in total. The van der Waals surface area contributed by atoms with E-state index >= 15 is 0 Å². The van der Waals surface area contributed by atoms with Gasteiger partial charge in [-0.2, -0.15) is 0 Å². The molecule has 0 spiro atoms. The molecule has 2 rings (SSSR count). The number of hydrogen-bond donors (Lipinski definition) is 1. The third-order valence-electron chi connectivity index (χ3n) is 3.76. The van der Waals surface area contributed by atoms with Gasteiger partial charge in [-0.1, -0.05) is 6.92 Å². The van der Waals surface area contributed by atoms with Crippen LogP contribution in [0.1, 0.15) is 26.2 Å². The van der Waals surface area contributed by atoms with Crippen molar-refractivity contribution in [2.24, 2.45) is 11.8 Å². The molecule has 0 aliphatic carbocycles. The lowest BCUT2D eigenvalue weighted by Gasteiger charge is -2.35. The van der Waals surface area contributed by atoms with Gasteiger partial charge in [0.05, 0.1) is 0 Å². The maximum Gasteiger partial charge on any atom is 0.0134 e. The first kappa shape index (κ1) is 9.47. The van der Waals surface area contributed by atoms with E-state index in [1.807, 2.05) is 0 Å². The molecule has 2 aliphatic rings. The Labute approximate surface area is 81.7 Å². The first-order valence-electron chi connectivity index (χ1n) is 5.69. The number of nitrogens with one attached hydrogen (secondary N) is 1. The minimum Gasteiger partial charge on any atom is -0.313 e. The van der Waals surface area contributed by atoms with E-state index in [0.29, 0.717) is 0 Å². The van der Waals surface area contributed by atoms with Crippen LogP contribution < -0.4 is 5.32 Å². The lowest BCUT2D eigenvalue weighted by Crippen LogP contribution is -2.43. The summed E-state index contributed by atoms with van der Waals surface area (Å²) in [5.74, 6) is 1.81. The van der Waals surface area contributed by atoms with Crippen LogP contribution >= 0.6 is 0 Å². The van der Waals surface area contributed by atoms with Crippen LogP contribution in [0.5, 0.6) is 0 Å². The number of likely N-dealkylation sites (tertiary alicyclic amines) is 1. The van der Waals surface area contributed by atoms with Gasteiger partial charge in [0.2, 0.25) is 0 Å². The van der Waals surface area contributed by atoms with E-state index in [-0.39, 0.29) is 0 Å². The lowest BCUT2D eigenvalue weighted by atomic mass is 9.85. The molecule has 3 unspecified atom stereocenters. The minimum atomic E-state index is 0.808. The van der Waals surface area contributed by atoms with E-state index in [1.54, 1.807) is 0 Å². The van der Waals surface area contributed by atoms with Crippen molar-refractivity contribution in [1.82, 2.24) is 10.2 Å². The summed E-state index contributed by atoms with van der Waals surface area (Å²) >= 11 is 0. The molecule has 0 aromatic heterocycles. The number of piperidine rings is 1. The average Bonchev–Trinajstić information content (AvgIpc) is 2.51. The van der Waals surface area contributed by atoms with E-state index in [0.717, 1.165) is 17.9 Å². The van der Waals surface area contributed by atoms with Gasteiger partial charge in [0.25, 0.3) is 0 Å². The first-order chi connectivity index (χ1) is 6.27. The summed E-state index contributed by atoms with van der Waals surface area (Å²) in [6.45, 7) is 6.25. The van der Waals surface area contributed by atoms with Gasteiger partial charge in [-0.3, -0.25) is 0 Å². The third kappa shape index (κ3) is 2.05. The van der Waals surface area contributed by atoms with Gasteiger partial charge in [-0.05, 0) is 51.2 Å². The molecule has 0 aromatic carbocycles. The van der Waals surface area contributed by atoms with E-state index in [2.05, 4.69) is 24.2 Å². The van der Waals surface area contributed by atoms with Crippen molar-refractivity contribution in [2.45, 2.75) is 32.2 Å². The molecule has 2 heteroatoms. The summed E-state index contributed by atoms with van der Waals surface area (Å²) in [6, 6.07) is 0.808. The largest absolute Gasteiger partial charge is 0.313 e.